The minimum atomic E-state index is 0.304. The Hall–Kier alpha value is -2.43. The molecule has 5 nitrogen and oxygen atoms in total. The molecule has 1 aromatic heterocycles. The first kappa shape index (κ1) is 12.3. The number of benzene rings is 1. The quantitative estimate of drug-likeness (QED) is 0.918. The molecule has 1 N–H and O–H groups in total. The Kier molecular flexibility index (Phi) is 2.84. The van der Waals surface area contributed by atoms with E-state index in [-0.39, 0.29) is 0 Å². The lowest BCUT2D eigenvalue weighted by Crippen LogP contribution is -2.41. The Labute approximate surface area is 123 Å². The first-order valence-corrected chi connectivity index (χ1v) is 7.14. The summed E-state index contributed by atoms with van der Waals surface area (Å²) in [5.74, 6) is 1.64. The number of hydrogen-bond acceptors (Lipinski definition) is 5. The molecule has 5 heteroatoms. The molecular formula is C16H17N3O2. The number of hydrogen-bond donors (Lipinski definition) is 1. The molecule has 21 heavy (non-hydrogen) atoms. The van der Waals surface area contributed by atoms with Crippen LogP contribution in [0.3, 0.4) is 0 Å². The number of nitrogens with one attached hydrogen (secondary N) is 1. The first-order valence-electron chi connectivity index (χ1n) is 7.14. The van der Waals surface area contributed by atoms with Crippen LogP contribution in [0.25, 0.3) is 0 Å². The van der Waals surface area contributed by atoms with Crippen LogP contribution in [-0.4, -0.2) is 24.4 Å². The van der Waals surface area contributed by atoms with Gasteiger partial charge in [0.15, 0.2) is 11.5 Å². The maximum Gasteiger partial charge on any atom is 0.231 e. The van der Waals surface area contributed by atoms with E-state index in [4.69, 9.17) is 9.47 Å². The fraction of sp³-hybridized carbons (Fsp3) is 0.312. The molecule has 0 bridgehead atoms. The second-order valence-electron chi connectivity index (χ2n) is 5.44. The normalized spacial score (nSPS) is 19.1. The van der Waals surface area contributed by atoms with Crippen molar-refractivity contribution in [3.05, 3.63) is 42.2 Å². The van der Waals surface area contributed by atoms with Crippen molar-refractivity contribution in [3.8, 4) is 11.5 Å². The van der Waals surface area contributed by atoms with Crippen molar-refractivity contribution >= 4 is 11.4 Å². The van der Waals surface area contributed by atoms with Gasteiger partial charge in [0.05, 0.1) is 11.4 Å². The van der Waals surface area contributed by atoms with E-state index >= 15 is 0 Å². The predicted octanol–water partition coefficient (Wildman–Crippen LogP) is 2.63. The summed E-state index contributed by atoms with van der Waals surface area (Å²) < 4.78 is 11.0. The molecule has 0 radical (unpaired) electrons. The zero-order valence-corrected chi connectivity index (χ0v) is 11.9. The van der Waals surface area contributed by atoms with Crippen LogP contribution in [0.4, 0.5) is 11.4 Å². The smallest absolute Gasteiger partial charge is 0.231 e. The number of anilines is 2. The van der Waals surface area contributed by atoms with Crippen molar-refractivity contribution in [3.63, 3.8) is 0 Å². The van der Waals surface area contributed by atoms with Gasteiger partial charge in [-0.2, -0.15) is 0 Å². The van der Waals surface area contributed by atoms with Crippen molar-refractivity contribution in [1.82, 2.24) is 4.98 Å². The third-order valence-corrected chi connectivity index (χ3v) is 4.02. The van der Waals surface area contributed by atoms with Crippen LogP contribution in [0.2, 0.25) is 0 Å². The average molecular weight is 283 g/mol. The largest absolute Gasteiger partial charge is 0.454 e. The molecule has 3 heterocycles. The number of pyridine rings is 1. The second kappa shape index (κ2) is 4.84. The average Bonchev–Trinajstić information content (AvgIpc) is 2.97. The summed E-state index contributed by atoms with van der Waals surface area (Å²) >= 11 is 0. The maximum atomic E-state index is 5.51. The Morgan fingerprint density at radius 1 is 1.24 bits per heavy atom. The summed E-state index contributed by atoms with van der Waals surface area (Å²) in [7, 11) is 0. The number of rotatable bonds is 2. The van der Waals surface area contributed by atoms with Crippen LogP contribution in [0, 0.1) is 0 Å². The predicted molar refractivity (Wildman–Crippen MR) is 80.9 cm³/mol. The number of ether oxygens (including phenoxy) is 2. The first-order chi connectivity index (χ1) is 10.3. The minimum Gasteiger partial charge on any atom is -0.454 e. The van der Waals surface area contributed by atoms with Gasteiger partial charge in [-0.15, -0.1) is 0 Å². The lowest BCUT2D eigenvalue weighted by molar-refractivity contribution is 0.174. The molecular weight excluding hydrogens is 266 g/mol. The molecule has 2 aliphatic heterocycles. The highest BCUT2D eigenvalue weighted by atomic mass is 16.7. The summed E-state index contributed by atoms with van der Waals surface area (Å²) in [4.78, 5) is 6.47. The van der Waals surface area contributed by atoms with Gasteiger partial charge in [-0.3, -0.25) is 4.98 Å². The lowest BCUT2D eigenvalue weighted by Gasteiger charge is -2.37. The van der Waals surface area contributed by atoms with Crippen molar-refractivity contribution < 1.29 is 9.47 Å². The third kappa shape index (κ3) is 2.14. The molecule has 108 valence electrons. The van der Waals surface area contributed by atoms with E-state index in [2.05, 4.69) is 40.3 Å². The molecule has 4 rings (SSSR count). The summed E-state index contributed by atoms with van der Waals surface area (Å²) in [6.45, 7) is 4.30. The third-order valence-electron chi connectivity index (χ3n) is 4.02. The van der Waals surface area contributed by atoms with E-state index in [0.29, 0.717) is 12.8 Å². The van der Waals surface area contributed by atoms with Crippen molar-refractivity contribution in [2.24, 2.45) is 0 Å². The molecule has 2 aliphatic rings. The van der Waals surface area contributed by atoms with Crippen molar-refractivity contribution in [1.29, 1.82) is 0 Å². The SMILES string of the molecule is CC1CNc2cc3c(cc2N1Cc1ccncc1)OCO3. The van der Waals surface area contributed by atoms with E-state index in [9.17, 15) is 0 Å². The van der Waals surface area contributed by atoms with E-state index in [1.165, 1.54) is 5.56 Å². The maximum absolute atomic E-state index is 5.51. The summed E-state index contributed by atoms with van der Waals surface area (Å²) in [6, 6.07) is 8.62. The van der Waals surface area contributed by atoms with Crippen LogP contribution in [-0.2, 0) is 6.54 Å². The zero-order valence-electron chi connectivity index (χ0n) is 11.9. The molecule has 2 aromatic rings. The van der Waals surface area contributed by atoms with Crippen LogP contribution in [0.5, 0.6) is 11.5 Å². The standard InChI is InChI=1S/C16H17N3O2/c1-11-8-18-13-6-15-16(21-10-20-15)7-14(13)19(11)9-12-2-4-17-5-3-12/h2-7,11,18H,8-10H2,1H3. The summed E-state index contributed by atoms with van der Waals surface area (Å²) in [6.07, 6.45) is 3.67. The summed E-state index contributed by atoms with van der Waals surface area (Å²) in [5.41, 5.74) is 3.52. The molecule has 0 spiro atoms. The van der Waals surface area contributed by atoms with Gasteiger partial charge in [-0.05, 0) is 24.6 Å². The van der Waals surface area contributed by atoms with Crippen LogP contribution < -0.4 is 19.7 Å². The second-order valence-corrected chi connectivity index (χ2v) is 5.44. The highest BCUT2D eigenvalue weighted by Gasteiger charge is 2.26. The molecule has 0 aliphatic carbocycles. The van der Waals surface area contributed by atoms with Gasteiger partial charge < -0.3 is 19.7 Å². The van der Waals surface area contributed by atoms with Gasteiger partial charge in [-0.25, -0.2) is 0 Å². The van der Waals surface area contributed by atoms with Crippen molar-refractivity contribution in [2.45, 2.75) is 19.5 Å². The van der Waals surface area contributed by atoms with Crippen molar-refractivity contribution in [2.75, 3.05) is 23.6 Å². The molecule has 0 fully saturated rings. The highest BCUT2D eigenvalue weighted by Crippen LogP contribution is 2.43. The molecule has 1 aromatic carbocycles. The Morgan fingerprint density at radius 3 is 2.81 bits per heavy atom. The van der Waals surface area contributed by atoms with Gasteiger partial charge in [0.1, 0.15) is 0 Å². The van der Waals surface area contributed by atoms with Crippen LogP contribution in [0.1, 0.15) is 12.5 Å². The lowest BCUT2D eigenvalue weighted by atomic mass is 10.1. The fourth-order valence-corrected chi connectivity index (χ4v) is 2.84. The van der Waals surface area contributed by atoms with Gasteiger partial charge in [-0.1, -0.05) is 0 Å². The van der Waals surface area contributed by atoms with E-state index in [1.54, 1.807) is 0 Å². The number of aromatic nitrogens is 1. The van der Waals surface area contributed by atoms with Gasteiger partial charge in [0.2, 0.25) is 6.79 Å². The number of fused-ring (bicyclic) bond motifs is 2. The molecule has 1 atom stereocenters. The molecule has 0 saturated carbocycles. The summed E-state index contributed by atoms with van der Waals surface area (Å²) in [5, 5.41) is 3.47. The van der Waals surface area contributed by atoms with E-state index in [0.717, 1.165) is 36.0 Å². The Balaban J connectivity index is 1.71. The van der Waals surface area contributed by atoms with Gasteiger partial charge in [0.25, 0.3) is 0 Å². The Morgan fingerprint density at radius 2 is 2.00 bits per heavy atom. The molecule has 0 amide bonds. The van der Waals surface area contributed by atoms with E-state index in [1.807, 2.05) is 18.5 Å². The highest BCUT2D eigenvalue weighted by molar-refractivity contribution is 5.77. The topological polar surface area (TPSA) is 46.6 Å². The van der Waals surface area contributed by atoms with E-state index < -0.39 is 0 Å². The van der Waals surface area contributed by atoms with Gasteiger partial charge in [0, 0.05) is 43.7 Å². The fourth-order valence-electron chi connectivity index (χ4n) is 2.84. The minimum absolute atomic E-state index is 0.304. The van der Waals surface area contributed by atoms with Gasteiger partial charge >= 0.3 is 0 Å². The zero-order chi connectivity index (χ0) is 14.2. The van der Waals surface area contributed by atoms with Crippen LogP contribution >= 0.6 is 0 Å². The molecule has 0 saturated heterocycles. The van der Waals surface area contributed by atoms with Crippen LogP contribution in [0.15, 0.2) is 36.7 Å². The monoisotopic (exact) mass is 283 g/mol. The Bertz CT molecular complexity index is 660. The number of nitrogens with zero attached hydrogens (tertiary/aromatic N) is 2. The molecule has 1 unspecified atom stereocenters.